The molecule has 0 amide bonds. The Balaban J connectivity index is 2.54. The first-order chi connectivity index (χ1) is 6.74. The molecular formula is C13H21N. The monoisotopic (exact) mass is 191 g/mol. The van der Waals surface area contributed by atoms with Crippen molar-refractivity contribution in [1.29, 1.82) is 0 Å². The number of hydrogen-bond donors (Lipinski definition) is 1. The zero-order chi connectivity index (χ0) is 10.4. The zero-order valence-corrected chi connectivity index (χ0v) is 9.46. The third kappa shape index (κ3) is 3.51. The molecule has 0 bridgehead atoms. The molecule has 1 atom stereocenters. The molecule has 1 heteroatoms. The molecule has 0 fully saturated rings. The molecule has 0 saturated heterocycles. The molecule has 78 valence electrons. The van der Waals surface area contributed by atoms with Gasteiger partial charge in [-0.1, -0.05) is 51.1 Å². The van der Waals surface area contributed by atoms with Crippen LogP contribution < -0.4 is 5.32 Å². The van der Waals surface area contributed by atoms with Gasteiger partial charge in [0.15, 0.2) is 0 Å². The van der Waals surface area contributed by atoms with E-state index in [-0.39, 0.29) is 0 Å². The maximum atomic E-state index is 3.49. The highest BCUT2D eigenvalue weighted by atomic mass is 14.9. The maximum Gasteiger partial charge on any atom is 0.00224 e. The number of rotatable bonds is 5. The van der Waals surface area contributed by atoms with E-state index < -0.39 is 0 Å². The third-order valence-electron chi connectivity index (χ3n) is 2.54. The van der Waals surface area contributed by atoms with Crippen LogP contribution in [0.3, 0.4) is 0 Å². The molecule has 0 aliphatic rings. The van der Waals surface area contributed by atoms with Crippen LogP contribution in [0.25, 0.3) is 0 Å². The fraction of sp³-hybridized carbons (Fsp3) is 0.538. The summed E-state index contributed by atoms with van der Waals surface area (Å²) in [5.74, 6) is 0.651. The Morgan fingerprint density at radius 3 is 2.29 bits per heavy atom. The molecule has 0 radical (unpaired) electrons. The van der Waals surface area contributed by atoms with E-state index in [0.29, 0.717) is 12.0 Å². The van der Waals surface area contributed by atoms with Crippen LogP contribution in [0.1, 0.15) is 38.7 Å². The predicted octanol–water partition coefficient (Wildman–Crippen LogP) is 3.18. The van der Waals surface area contributed by atoms with Crippen LogP contribution >= 0.6 is 0 Å². The third-order valence-corrected chi connectivity index (χ3v) is 2.54. The lowest BCUT2D eigenvalue weighted by Crippen LogP contribution is -2.27. The van der Waals surface area contributed by atoms with E-state index in [1.165, 1.54) is 12.0 Å². The summed E-state index contributed by atoms with van der Waals surface area (Å²) in [6, 6.07) is 11.3. The van der Waals surface area contributed by atoms with E-state index in [2.05, 4.69) is 56.4 Å². The van der Waals surface area contributed by atoms with Gasteiger partial charge < -0.3 is 5.32 Å². The quantitative estimate of drug-likeness (QED) is 0.753. The smallest absolute Gasteiger partial charge is 0.00224 e. The Morgan fingerprint density at radius 2 is 1.79 bits per heavy atom. The van der Waals surface area contributed by atoms with Gasteiger partial charge >= 0.3 is 0 Å². The number of nitrogens with one attached hydrogen (secondary N) is 1. The first-order valence-corrected chi connectivity index (χ1v) is 5.52. The van der Waals surface area contributed by atoms with Gasteiger partial charge in [0.25, 0.3) is 0 Å². The van der Waals surface area contributed by atoms with Gasteiger partial charge in [0.1, 0.15) is 0 Å². The summed E-state index contributed by atoms with van der Waals surface area (Å²) < 4.78 is 0. The van der Waals surface area contributed by atoms with E-state index in [4.69, 9.17) is 0 Å². The summed E-state index contributed by atoms with van der Waals surface area (Å²) in [6.07, 6.45) is 1.20. The minimum Gasteiger partial charge on any atom is -0.314 e. The van der Waals surface area contributed by atoms with Gasteiger partial charge in [-0.05, 0) is 17.9 Å². The predicted molar refractivity (Wildman–Crippen MR) is 62.6 cm³/mol. The number of hydrogen-bond acceptors (Lipinski definition) is 1. The van der Waals surface area contributed by atoms with Gasteiger partial charge in [0.05, 0.1) is 0 Å². The topological polar surface area (TPSA) is 12.0 Å². The van der Waals surface area contributed by atoms with Gasteiger partial charge in [0.2, 0.25) is 0 Å². The van der Waals surface area contributed by atoms with Crippen LogP contribution in [0.5, 0.6) is 0 Å². The van der Waals surface area contributed by atoms with Crippen molar-refractivity contribution in [3.63, 3.8) is 0 Å². The van der Waals surface area contributed by atoms with E-state index in [1.807, 2.05) is 0 Å². The fourth-order valence-electron chi connectivity index (χ4n) is 1.60. The van der Waals surface area contributed by atoms with Crippen molar-refractivity contribution in [2.75, 3.05) is 6.54 Å². The minimum absolute atomic E-state index is 0.577. The van der Waals surface area contributed by atoms with Gasteiger partial charge in [-0.25, -0.2) is 0 Å². The van der Waals surface area contributed by atoms with Gasteiger partial charge in [-0.15, -0.1) is 0 Å². The average Bonchev–Trinajstić information content (AvgIpc) is 2.20. The molecule has 1 nitrogen and oxygen atoms in total. The molecule has 1 rings (SSSR count). The summed E-state index contributed by atoms with van der Waals surface area (Å²) in [5.41, 5.74) is 1.45. The molecule has 1 aromatic carbocycles. The summed E-state index contributed by atoms with van der Waals surface area (Å²) in [5, 5.41) is 3.49. The second-order valence-electron chi connectivity index (χ2n) is 4.08. The van der Waals surface area contributed by atoms with Crippen LogP contribution in [0.4, 0.5) is 0 Å². The van der Waals surface area contributed by atoms with Crippen molar-refractivity contribution in [3.05, 3.63) is 35.9 Å². The second kappa shape index (κ2) is 5.82. The molecule has 1 N–H and O–H groups in total. The van der Waals surface area contributed by atoms with Gasteiger partial charge in [0, 0.05) is 12.6 Å². The van der Waals surface area contributed by atoms with Crippen LogP contribution in [-0.2, 0) is 0 Å². The van der Waals surface area contributed by atoms with E-state index in [1.54, 1.807) is 0 Å². The van der Waals surface area contributed by atoms with Crippen molar-refractivity contribution in [1.82, 2.24) is 5.32 Å². The Kier molecular flexibility index (Phi) is 4.68. The lowest BCUT2D eigenvalue weighted by molar-refractivity contribution is 0.520. The fourth-order valence-corrected chi connectivity index (χ4v) is 1.60. The summed E-state index contributed by atoms with van der Waals surface area (Å²) in [6.45, 7) is 7.72. The molecule has 0 heterocycles. The SMILES string of the molecule is CCC(CNC(C)C)c1ccccc1. The molecular weight excluding hydrogens is 170 g/mol. The molecule has 1 unspecified atom stereocenters. The molecule has 0 saturated carbocycles. The van der Waals surface area contributed by atoms with Crippen molar-refractivity contribution >= 4 is 0 Å². The van der Waals surface area contributed by atoms with Crippen LogP contribution in [0.2, 0.25) is 0 Å². The normalized spacial score (nSPS) is 13.1. The Hall–Kier alpha value is -0.820. The maximum absolute atomic E-state index is 3.49. The van der Waals surface area contributed by atoms with Crippen molar-refractivity contribution in [3.8, 4) is 0 Å². The van der Waals surface area contributed by atoms with Gasteiger partial charge in [-0.2, -0.15) is 0 Å². The number of benzene rings is 1. The molecule has 0 aliphatic heterocycles. The first-order valence-electron chi connectivity index (χ1n) is 5.52. The molecule has 1 aromatic rings. The summed E-state index contributed by atoms with van der Waals surface area (Å²) >= 11 is 0. The van der Waals surface area contributed by atoms with Crippen LogP contribution in [0.15, 0.2) is 30.3 Å². The highest BCUT2D eigenvalue weighted by Crippen LogP contribution is 2.17. The Morgan fingerprint density at radius 1 is 1.14 bits per heavy atom. The van der Waals surface area contributed by atoms with Crippen molar-refractivity contribution in [2.45, 2.75) is 39.2 Å². The Labute approximate surface area is 87.5 Å². The summed E-state index contributed by atoms with van der Waals surface area (Å²) in [4.78, 5) is 0. The van der Waals surface area contributed by atoms with E-state index in [0.717, 1.165) is 6.54 Å². The molecule has 0 aliphatic carbocycles. The van der Waals surface area contributed by atoms with Gasteiger partial charge in [-0.3, -0.25) is 0 Å². The lowest BCUT2D eigenvalue weighted by Gasteiger charge is -2.17. The van der Waals surface area contributed by atoms with Crippen molar-refractivity contribution < 1.29 is 0 Å². The molecule has 0 spiro atoms. The summed E-state index contributed by atoms with van der Waals surface area (Å²) in [7, 11) is 0. The van der Waals surface area contributed by atoms with Crippen LogP contribution in [0, 0.1) is 0 Å². The van der Waals surface area contributed by atoms with E-state index in [9.17, 15) is 0 Å². The molecule has 0 aromatic heterocycles. The lowest BCUT2D eigenvalue weighted by atomic mass is 9.96. The van der Waals surface area contributed by atoms with E-state index >= 15 is 0 Å². The largest absolute Gasteiger partial charge is 0.314 e. The minimum atomic E-state index is 0.577. The average molecular weight is 191 g/mol. The highest BCUT2D eigenvalue weighted by Gasteiger charge is 2.08. The van der Waals surface area contributed by atoms with Crippen molar-refractivity contribution in [2.24, 2.45) is 0 Å². The second-order valence-corrected chi connectivity index (χ2v) is 4.08. The standard InChI is InChI=1S/C13H21N/c1-4-12(10-14-11(2)3)13-8-6-5-7-9-13/h5-9,11-12,14H,4,10H2,1-3H3. The van der Waals surface area contributed by atoms with Crippen LogP contribution in [-0.4, -0.2) is 12.6 Å². The first kappa shape index (κ1) is 11.3. The molecule has 14 heavy (non-hydrogen) atoms. The zero-order valence-electron chi connectivity index (χ0n) is 9.46. The Bertz CT molecular complexity index is 241. The highest BCUT2D eigenvalue weighted by molar-refractivity contribution is 5.19.